The van der Waals surface area contributed by atoms with Gasteiger partial charge in [0.25, 0.3) is 0 Å². The molecule has 0 aliphatic heterocycles. The molecule has 0 aliphatic carbocycles. The molecule has 0 saturated carbocycles. The van der Waals surface area contributed by atoms with Crippen LogP contribution >= 0.6 is 12.4 Å². The molecular weight excluding hydrogens is 210 g/mol. The third-order valence-electron chi connectivity index (χ3n) is 2.13. The molecule has 15 heavy (non-hydrogen) atoms. The fourth-order valence-electron chi connectivity index (χ4n) is 1.29. The van der Waals surface area contributed by atoms with Gasteiger partial charge in [0.15, 0.2) is 0 Å². The molecule has 0 saturated heterocycles. The van der Waals surface area contributed by atoms with Crippen LogP contribution in [0, 0.1) is 12.3 Å². The lowest BCUT2D eigenvalue weighted by Crippen LogP contribution is -2.33. The van der Waals surface area contributed by atoms with Crippen LogP contribution in [-0.4, -0.2) is 17.8 Å². The summed E-state index contributed by atoms with van der Waals surface area (Å²) < 4.78 is 0. The van der Waals surface area contributed by atoms with Crippen LogP contribution < -0.4 is 5.32 Å². The SMILES string of the molecule is C#CC(CO)NC(C)c1ccccc1.Cl. The van der Waals surface area contributed by atoms with Crippen LogP contribution in [0.1, 0.15) is 18.5 Å². The van der Waals surface area contributed by atoms with Gasteiger partial charge in [-0.25, -0.2) is 0 Å². The number of benzene rings is 1. The highest BCUT2D eigenvalue weighted by Crippen LogP contribution is 2.11. The normalized spacial score (nSPS) is 13.4. The number of aliphatic hydroxyl groups excluding tert-OH is 1. The summed E-state index contributed by atoms with van der Waals surface area (Å²) in [6.45, 7) is 1.99. The molecule has 3 heteroatoms. The van der Waals surface area contributed by atoms with Crippen molar-refractivity contribution in [1.82, 2.24) is 5.32 Å². The fourth-order valence-corrected chi connectivity index (χ4v) is 1.29. The number of halogens is 1. The van der Waals surface area contributed by atoms with Crippen molar-refractivity contribution in [2.75, 3.05) is 6.61 Å². The number of nitrogens with one attached hydrogen (secondary N) is 1. The second kappa shape index (κ2) is 7.30. The molecule has 2 N–H and O–H groups in total. The first kappa shape index (κ1) is 14.0. The Labute approximate surface area is 97.1 Å². The summed E-state index contributed by atoms with van der Waals surface area (Å²) in [6, 6.07) is 9.88. The Kier molecular flexibility index (Phi) is 6.81. The van der Waals surface area contributed by atoms with E-state index < -0.39 is 0 Å². The second-order valence-electron chi connectivity index (χ2n) is 3.20. The van der Waals surface area contributed by atoms with Crippen LogP contribution in [0.25, 0.3) is 0 Å². The average molecular weight is 226 g/mol. The second-order valence-corrected chi connectivity index (χ2v) is 3.20. The molecule has 0 aliphatic rings. The Hall–Kier alpha value is -1.01. The van der Waals surface area contributed by atoms with Crippen molar-refractivity contribution in [3.63, 3.8) is 0 Å². The number of hydrogen-bond acceptors (Lipinski definition) is 2. The van der Waals surface area contributed by atoms with Crippen LogP contribution in [0.3, 0.4) is 0 Å². The molecule has 0 fully saturated rings. The van der Waals surface area contributed by atoms with Gasteiger partial charge in [0.2, 0.25) is 0 Å². The first-order valence-electron chi connectivity index (χ1n) is 4.66. The van der Waals surface area contributed by atoms with Crippen molar-refractivity contribution in [1.29, 1.82) is 0 Å². The largest absolute Gasteiger partial charge is 0.394 e. The van der Waals surface area contributed by atoms with Gasteiger partial charge in [0, 0.05) is 6.04 Å². The highest BCUT2D eigenvalue weighted by atomic mass is 35.5. The van der Waals surface area contributed by atoms with E-state index >= 15 is 0 Å². The van der Waals surface area contributed by atoms with E-state index in [4.69, 9.17) is 11.5 Å². The minimum atomic E-state index is -0.273. The van der Waals surface area contributed by atoms with Crippen molar-refractivity contribution in [2.45, 2.75) is 19.0 Å². The molecule has 0 aromatic heterocycles. The molecule has 2 nitrogen and oxygen atoms in total. The van der Waals surface area contributed by atoms with Gasteiger partial charge in [-0.1, -0.05) is 36.3 Å². The van der Waals surface area contributed by atoms with Gasteiger partial charge in [-0.15, -0.1) is 18.8 Å². The average Bonchev–Trinajstić information content (AvgIpc) is 2.26. The van der Waals surface area contributed by atoms with Crippen molar-refractivity contribution < 1.29 is 5.11 Å². The van der Waals surface area contributed by atoms with E-state index in [0.29, 0.717) is 0 Å². The summed E-state index contributed by atoms with van der Waals surface area (Å²) >= 11 is 0. The maximum atomic E-state index is 8.92. The number of hydrogen-bond donors (Lipinski definition) is 2. The van der Waals surface area contributed by atoms with Gasteiger partial charge in [-0.05, 0) is 12.5 Å². The van der Waals surface area contributed by atoms with E-state index in [1.54, 1.807) is 0 Å². The van der Waals surface area contributed by atoms with Crippen molar-refractivity contribution in [2.24, 2.45) is 0 Å². The zero-order valence-corrected chi connectivity index (χ0v) is 9.50. The smallest absolute Gasteiger partial charge is 0.0925 e. The molecule has 1 aromatic carbocycles. The van der Waals surface area contributed by atoms with Crippen LogP contribution in [0.4, 0.5) is 0 Å². The Morgan fingerprint density at radius 3 is 2.47 bits per heavy atom. The molecule has 1 aromatic rings. The summed E-state index contributed by atoms with van der Waals surface area (Å²) in [5, 5.41) is 12.1. The lowest BCUT2D eigenvalue weighted by Gasteiger charge is -2.17. The minimum Gasteiger partial charge on any atom is -0.394 e. The Morgan fingerprint density at radius 1 is 1.40 bits per heavy atom. The van der Waals surface area contributed by atoms with E-state index in [1.807, 2.05) is 37.3 Å². The van der Waals surface area contributed by atoms with Gasteiger partial charge in [0.05, 0.1) is 12.6 Å². The monoisotopic (exact) mass is 225 g/mol. The predicted octanol–water partition coefficient (Wildman–Crippen LogP) is 1.75. The molecular formula is C12H16ClNO. The summed E-state index contributed by atoms with van der Waals surface area (Å²) in [5.41, 5.74) is 1.17. The third kappa shape index (κ3) is 4.35. The van der Waals surface area contributed by atoms with Crippen LogP contribution in [0.2, 0.25) is 0 Å². The first-order chi connectivity index (χ1) is 6.77. The van der Waals surface area contributed by atoms with Gasteiger partial charge in [-0.2, -0.15) is 0 Å². The van der Waals surface area contributed by atoms with Gasteiger partial charge in [-0.3, -0.25) is 5.32 Å². The summed E-state index contributed by atoms with van der Waals surface area (Å²) in [5.74, 6) is 2.49. The molecule has 0 spiro atoms. The minimum absolute atomic E-state index is 0. The van der Waals surface area contributed by atoms with E-state index in [-0.39, 0.29) is 31.1 Å². The number of terminal acetylenes is 1. The van der Waals surface area contributed by atoms with Crippen LogP contribution in [0.5, 0.6) is 0 Å². The zero-order chi connectivity index (χ0) is 10.4. The molecule has 0 amide bonds. The molecule has 2 unspecified atom stereocenters. The van der Waals surface area contributed by atoms with E-state index in [2.05, 4.69) is 11.2 Å². The van der Waals surface area contributed by atoms with Gasteiger partial charge in [0.1, 0.15) is 0 Å². The Bertz CT molecular complexity index is 307. The molecule has 0 heterocycles. The topological polar surface area (TPSA) is 32.3 Å². The van der Waals surface area contributed by atoms with Gasteiger partial charge >= 0.3 is 0 Å². The highest BCUT2D eigenvalue weighted by molar-refractivity contribution is 5.85. The predicted molar refractivity (Wildman–Crippen MR) is 64.9 cm³/mol. The third-order valence-corrected chi connectivity index (χ3v) is 2.13. The van der Waals surface area contributed by atoms with E-state index in [0.717, 1.165) is 0 Å². The van der Waals surface area contributed by atoms with Crippen molar-refractivity contribution in [3.8, 4) is 12.3 Å². The zero-order valence-electron chi connectivity index (χ0n) is 8.68. The molecule has 0 bridgehead atoms. The molecule has 82 valence electrons. The maximum absolute atomic E-state index is 8.92. The number of rotatable bonds is 4. The number of aliphatic hydroxyl groups is 1. The molecule has 0 radical (unpaired) electrons. The fraction of sp³-hybridized carbons (Fsp3) is 0.333. The molecule has 2 atom stereocenters. The Morgan fingerprint density at radius 2 is 2.00 bits per heavy atom. The van der Waals surface area contributed by atoms with E-state index in [1.165, 1.54) is 5.56 Å². The summed E-state index contributed by atoms with van der Waals surface area (Å²) in [4.78, 5) is 0. The lowest BCUT2D eigenvalue weighted by atomic mass is 10.1. The highest BCUT2D eigenvalue weighted by Gasteiger charge is 2.09. The van der Waals surface area contributed by atoms with Crippen molar-refractivity contribution >= 4 is 12.4 Å². The summed E-state index contributed by atoms with van der Waals surface area (Å²) in [7, 11) is 0. The van der Waals surface area contributed by atoms with Gasteiger partial charge < -0.3 is 5.11 Å². The quantitative estimate of drug-likeness (QED) is 0.766. The maximum Gasteiger partial charge on any atom is 0.0925 e. The lowest BCUT2D eigenvalue weighted by molar-refractivity contribution is 0.260. The van der Waals surface area contributed by atoms with Crippen molar-refractivity contribution in [3.05, 3.63) is 35.9 Å². The van der Waals surface area contributed by atoms with Crippen LogP contribution in [0.15, 0.2) is 30.3 Å². The Balaban J connectivity index is 0.00000196. The molecule has 1 rings (SSSR count). The van der Waals surface area contributed by atoms with E-state index in [9.17, 15) is 0 Å². The summed E-state index contributed by atoms with van der Waals surface area (Å²) in [6.07, 6.45) is 5.24. The standard InChI is InChI=1S/C12H15NO.ClH/c1-3-12(9-14)13-10(2)11-7-5-4-6-8-11;/h1,4-8,10,12-14H,9H2,2H3;1H. The van der Waals surface area contributed by atoms with Crippen LogP contribution in [-0.2, 0) is 0 Å². The first-order valence-corrected chi connectivity index (χ1v) is 4.66.